The number of carboxylic acid groups (broad SMARTS) is 1. The quantitative estimate of drug-likeness (QED) is 0.298. The molecule has 0 fully saturated rings. The number of carboxylic acids is 1. The summed E-state index contributed by atoms with van der Waals surface area (Å²) in [5.74, 6) is -1.42. The lowest BCUT2D eigenvalue weighted by Crippen LogP contribution is -2.44. The molecule has 8 nitrogen and oxygen atoms in total. The van der Waals surface area contributed by atoms with Gasteiger partial charge in [-0.2, -0.15) is 0 Å². The van der Waals surface area contributed by atoms with E-state index in [2.05, 4.69) is 5.43 Å². The van der Waals surface area contributed by atoms with E-state index in [-0.39, 0.29) is 25.3 Å². The minimum absolute atomic E-state index is 0.0194. The van der Waals surface area contributed by atoms with Crippen molar-refractivity contribution in [2.75, 3.05) is 20.1 Å². The number of nitrogens with one attached hydrogen (secondary N) is 1. The lowest BCUT2D eigenvalue weighted by Gasteiger charge is -2.19. The molecule has 1 amide bonds. The smallest absolute Gasteiger partial charge is 0.319 e. The fourth-order valence-corrected chi connectivity index (χ4v) is 1.48. The van der Waals surface area contributed by atoms with Crippen molar-refractivity contribution in [1.29, 1.82) is 0 Å². The van der Waals surface area contributed by atoms with Crippen LogP contribution in [0.3, 0.4) is 0 Å². The zero-order valence-corrected chi connectivity index (χ0v) is 10.5. The third-order valence-electron chi connectivity index (χ3n) is 2.21. The van der Waals surface area contributed by atoms with E-state index >= 15 is 0 Å². The predicted octanol–water partition coefficient (Wildman–Crippen LogP) is -2.15. The number of aliphatic carboxylic acids is 1. The average Bonchev–Trinajstić information content (AvgIpc) is 2.14. The van der Waals surface area contributed by atoms with E-state index in [9.17, 15) is 14.7 Å². The number of hydrazine groups is 1. The molecule has 0 aliphatic heterocycles. The Morgan fingerprint density at radius 1 is 1.44 bits per heavy atom. The van der Waals surface area contributed by atoms with Crippen molar-refractivity contribution in [2.45, 2.75) is 31.4 Å². The molecule has 106 valence electrons. The van der Waals surface area contributed by atoms with Gasteiger partial charge >= 0.3 is 5.97 Å². The number of rotatable bonds is 9. The summed E-state index contributed by atoms with van der Waals surface area (Å²) in [4.78, 5) is 21.8. The van der Waals surface area contributed by atoms with E-state index in [4.69, 9.17) is 16.6 Å². The van der Waals surface area contributed by atoms with E-state index < -0.39 is 18.1 Å². The summed E-state index contributed by atoms with van der Waals surface area (Å²) in [6.07, 6.45) is 0.127. The summed E-state index contributed by atoms with van der Waals surface area (Å²) < 4.78 is 0. The minimum atomic E-state index is -1.04. The number of nitrogens with zero attached hydrogens (tertiary/aromatic N) is 1. The molecule has 0 radical (unpaired) electrons. The molecule has 8 heteroatoms. The highest BCUT2D eigenvalue weighted by molar-refractivity contribution is 5.76. The highest BCUT2D eigenvalue weighted by Crippen LogP contribution is 2.03. The lowest BCUT2D eigenvalue weighted by molar-refractivity contribution is -0.139. The summed E-state index contributed by atoms with van der Waals surface area (Å²) in [5, 5.41) is 19.1. The van der Waals surface area contributed by atoms with Crippen LogP contribution in [0.4, 0.5) is 0 Å². The Kier molecular flexibility index (Phi) is 8.21. The molecule has 0 heterocycles. The Morgan fingerprint density at radius 3 is 2.56 bits per heavy atom. The summed E-state index contributed by atoms with van der Waals surface area (Å²) in [6.45, 7) is 0.0677. The first kappa shape index (κ1) is 16.8. The normalized spacial score (nSPS) is 14.3. The zero-order valence-electron chi connectivity index (χ0n) is 10.5. The Morgan fingerprint density at radius 2 is 2.06 bits per heavy atom. The van der Waals surface area contributed by atoms with E-state index in [1.165, 1.54) is 7.05 Å². The average molecular weight is 262 g/mol. The number of hydrogen-bond donors (Lipinski definition) is 5. The van der Waals surface area contributed by atoms with Crippen LogP contribution in [0, 0.1) is 0 Å². The number of aliphatic hydroxyl groups is 1. The van der Waals surface area contributed by atoms with Crippen molar-refractivity contribution in [3.8, 4) is 0 Å². The number of aliphatic hydroxyl groups excluding tert-OH is 1. The van der Waals surface area contributed by atoms with E-state index in [1.54, 1.807) is 0 Å². The van der Waals surface area contributed by atoms with Gasteiger partial charge in [-0.05, 0) is 19.4 Å². The molecule has 0 unspecified atom stereocenters. The molecular weight excluding hydrogens is 240 g/mol. The third-order valence-corrected chi connectivity index (χ3v) is 2.21. The fraction of sp³-hybridized carbons (Fsp3) is 0.800. The van der Waals surface area contributed by atoms with Crippen molar-refractivity contribution in [3.05, 3.63) is 0 Å². The summed E-state index contributed by atoms with van der Waals surface area (Å²) in [5.41, 5.74) is 13.3. The Labute approximate surface area is 106 Å². The summed E-state index contributed by atoms with van der Waals surface area (Å²) >= 11 is 0. The molecule has 18 heavy (non-hydrogen) atoms. The van der Waals surface area contributed by atoms with E-state index in [1.807, 2.05) is 0 Å². The molecule has 0 spiro atoms. The minimum Gasteiger partial charge on any atom is -0.480 e. The van der Waals surface area contributed by atoms with Gasteiger partial charge in [0.15, 0.2) is 0 Å². The molecule has 0 aliphatic rings. The molecule has 0 saturated carbocycles. The Hall–Kier alpha value is -1.22. The van der Waals surface area contributed by atoms with Crippen molar-refractivity contribution in [3.63, 3.8) is 0 Å². The van der Waals surface area contributed by atoms with Crippen molar-refractivity contribution in [2.24, 2.45) is 11.5 Å². The number of carbonyl (C=O) groups is 2. The largest absolute Gasteiger partial charge is 0.480 e. The van der Waals surface area contributed by atoms with Gasteiger partial charge in [0.25, 0.3) is 0 Å². The number of carbonyl (C=O) groups excluding carboxylic acids is 1. The van der Waals surface area contributed by atoms with Crippen molar-refractivity contribution in [1.82, 2.24) is 10.4 Å². The van der Waals surface area contributed by atoms with Gasteiger partial charge in [-0.3, -0.25) is 15.0 Å². The van der Waals surface area contributed by atoms with Crippen LogP contribution in [0.15, 0.2) is 0 Å². The fourth-order valence-electron chi connectivity index (χ4n) is 1.48. The Balaban J connectivity index is 3.89. The second-order valence-corrected chi connectivity index (χ2v) is 4.22. The number of amides is 1. The molecular formula is C10H22N4O4. The SMILES string of the molecule is CN(CC(=O)O)NC(=O)C[C@H](N)C[C@@H](O)CCN. The van der Waals surface area contributed by atoms with Gasteiger partial charge in [0.05, 0.1) is 6.10 Å². The molecule has 0 aromatic carbocycles. The maximum Gasteiger partial charge on any atom is 0.319 e. The molecule has 0 bridgehead atoms. The maximum absolute atomic E-state index is 11.5. The van der Waals surface area contributed by atoms with Crippen LogP contribution in [0.5, 0.6) is 0 Å². The molecule has 0 saturated heterocycles. The molecule has 7 N–H and O–H groups in total. The van der Waals surface area contributed by atoms with E-state index in [0.717, 1.165) is 5.01 Å². The predicted molar refractivity (Wildman–Crippen MR) is 65.3 cm³/mol. The van der Waals surface area contributed by atoms with Crippen LogP contribution in [-0.4, -0.2) is 59.4 Å². The van der Waals surface area contributed by atoms with Crippen LogP contribution in [0.25, 0.3) is 0 Å². The zero-order chi connectivity index (χ0) is 14.1. The lowest BCUT2D eigenvalue weighted by atomic mass is 10.0. The highest BCUT2D eigenvalue weighted by Gasteiger charge is 2.15. The van der Waals surface area contributed by atoms with Crippen LogP contribution < -0.4 is 16.9 Å². The van der Waals surface area contributed by atoms with Crippen LogP contribution in [-0.2, 0) is 9.59 Å². The Bertz CT molecular complexity index is 275. The van der Waals surface area contributed by atoms with Gasteiger partial charge in [0.1, 0.15) is 6.54 Å². The van der Waals surface area contributed by atoms with Gasteiger partial charge in [-0.15, -0.1) is 0 Å². The van der Waals surface area contributed by atoms with Gasteiger partial charge in [0, 0.05) is 19.5 Å². The van der Waals surface area contributed by atoms with Crippen molar-refractivity contribution < 1.29 is 19.8 Å². The van der Waals surface area contributed by atoms with Crippen molar-refractivity contribution >= 4 is 11.9 Å². The van der Waals surface area contributed by atoms with Crippen LogP contribution in [0.2, 0.25) is 0 Å². The first-order valence-electron chi connectivity index (χ1n) is 5.71. The molecule has 0 aliphatic carbocycles. The second kappa shape index (κ2) is 8.81. The number of likely N-dealkylation sites (N-methyl/N-ethyl adjacent to an activating group) is 1. The standard InChI is InChI=1S/C10H22N4O4/c1-14(6-10(17)18)13-9(16)5-7(12)4-8(15)2-3-11/h7-8,15H,2-6,11-12H2,1H3,(H,13,16)(H,17,18)/t7-,8+/m1/s1. The van der Waals surface area contributed by atoms with Gasteiger partial charge in [-0.1, -0.05) is 0 Å². The second-order valence-electron chi connectivity index (χ2n) is 4.22. The van der Waals surface area contributed by atoms with Gasteiger partial charge in [0.2, 0.25) is 5.91 Å². The monoisotopic (exact) mass is 262 g/mol. The third kappa shape index (κ3) is 8.88. The molecule has 2 atom stereocenters. The maximum atomic E-state index is 11.5. The summed E-state index contributed by atoms with van der Waals surface area (Å²) in [6, 6.07) is -0.482. The molecule has 0 rings (SSSR count). The van der Waals surface area contributed by atoms with E-state index in [0.29, 0.717) is 13.0 Å². The first-order chi connectivity index (χ1) is 8.35. The van der Waals surface area contributed by atoms with Crippen LogP contribution in [0.1, 0.15) is 19.3 Å². The van der Waals surface area contributed by atoms with Gasteiger partial charge in [-0.25, -0.2) is 5.01 Å². The first-order valence-corrected chi connectivity index (χ1v) is 5.71. The highest BCUT2D eigenvalue weighted by atomic mass is 16.4. The van der Waals surface area contributed by atoms with Gasteiger partial charge < -0.3 is 21.7 Å². The summed E-state index contributed by atoms with van der Waals surface area (Å²) in [7, 11) is 1.45. The topological polar surface area (TPSA) is 142 Å². The molecule has 0 aromatic heterocycles. The number of nitrogens with two attached hydrogens (primary N) is 2. The van der Waals surface area contributed by atoms with Crippen LogP contribution >= 0.6 is 0 Å². The number of hydrogen-bond acceptors (Lipinski definition) is 6. The molecule has 0 aromatic rings.